The maximum absolute atomic E-state index is 12.5. The van der Waals surface area contributed by atoms with Gasteiger partial charge in [-0.05, 0) is 43.2 Å². The van der Waals surface area contributed by atoms with Gasteiger partial charge in [-0.25, -0.2) is 9.97 Å². The fourth-order valence-electron chi connectivity index (χ4n) is 2.74. The molecule has 2 heterocycles. The Morgan fingerprint density at radius 1 is 1.07 bits per heavy atom. The molecule has 0 saturated heterocycles. The molecule has 138 valence electrons. The Kier molecular flexibility index (Phi) is 5.76. The van der Waals surface area contributed by atoms with Crippen LogP contribution < -0.4 is 10.2 Å². The molecule has 2 aromatic heterocycles. The maximum Gasteiger partial charge on any atom is 0.258 e. The Labute approximate surface area is 159 Å². The van der Waals surface area contributed by atoms with Crippen LogP contribution in [0.15, 0.2) is 54.9 Å². The van der Waals surface area contributed by atoms with Crippen LogP contribution in [0.2, 0.25) is 0 Å². The number of rotatable bonds is 6. The van der Waals surface area contributed by atoms with Crippen molar-refractivity contribution >= 4 is 17.4 Å². The summed E-state index contributed by atoms with van der Waals surface area (Å²) in [4.78, 5) is 26.9. The molecule has 1 aromatic carbocycles. The van der Waals surface area contributed by atoms with Crippen molar-refractivity contribution in [2.45, 2.75) is 26.8 Å². The van der Waals surface area contributed by atoms with Crippen molar-refractivity contribution in [3.8, 4) is 0 Å². The van der Waals surface area contributed by atoms with E-state index < -0.39 is 0 Å². The molecule has 0 aliphatic carbocycles. The summed E-state index contributed by atoms with van der Waals surface area (Å²) in [5.41, 5.74) is 3.59. The molecule has 0 saturated carbocycles. The second-order valence-electron chi connectivity index (χ2n) is 6.27. The lowest BCUT2D eigenvalue weighted by Crippen LogP contribution is -2.26. The number of pyridine rings is 1. The highest BCUT2D eigenvalue weighted by Gasteiger charge is 2.13. The van der Waals surface area contributed by atoms with Gasteiger partial charge in [0.25, 0.3) is 5.91 Å². The molecular formula is C21H23N5O. The number of nitrogens with zero attached hydrogens (tertiary/aromatic N) is 4. The zero-order chi connectivity index (χ0) is 19.2. The van der Waals surface area contributed by atoms with Gasteiger partial charge >= 0.3 is 0 Å². The normalized spacial score (nSPS) is 10.5. The van der Waals surface area contributed by atoms with Crippen molar-refractivity contribution < 1.29 is 4.79 Å². The van der Waals surface area contributed by atoms with Crippen LogP contribution in [0, 0.1) is 6.92 Å². The number of anilines is 2. The summed E-state index contributed by atoms with van der Waals surface area (Å²) in [6.45, 7) is 4.63. The summed E-state index contributed by atoms with van der Waals surface area (Å²) in [6.07, 6.45) is 4.12. The molecule has 0 fully saturated rings. The summed E-state index contributed by atoms with van der Waals surface area (Å²) in [6, 6.07) is 13.3. The van der Waals surface area contributed by atoms with Crippen LogP contribution in [0.3, 0.4) is 0 Å². The standard InChI is InChI=1S/C21H23N5O/c1-4-18-13-20(25-15(2)24-18)23-14-16-5-7-19(8-6-16)26(3)21(27)17-9-11-22-12-10-17/h5-13H,4,14H2,1-3H3,(H,23,24,25). The molecular weight excluding hydrogens is 338 g/mol. The molecule has 27 heavy (non-hydrogen) atoms. The van der Waals surface area contributed by atoms with Crippen molar-refractivity contribution in [3.63, 3.8) is 0 Å². The monoisotopic (exact) mass is 361 g/mol. The summed E-state index contributed by atoms with van der Waals surface area (Å²) in [7, 11) is 1.77. The second-order valence-corrected chi connectivity index (χ2v) is 6.27. The molecule has 3 aromatic rings. The fourth-order valence-corrected chi connectivity index (χ4v) is 2.74. The number of nitrogens with one attached hydrogen (secondary N) is 1. The highest BCUT2D eigenvalue weighted by Crippen LogP contribution is 2.17. The lowest BCUT2D eigenvalue weighted by Gasteiger charge is -2.18. The number of hydrogen-bond donors (Lipinski definition) is 1. The van der Waals surface area contributed by atoms with E-state index >= 15 is 0 Å². The highest BCUT2D eigenvalue weighted by molar-refractivity contribution is 6.05. The Bertz CT molecular complexity index is 910. The number of amides is 1. The maximum atomic E-state index is 12.5. The van der Waals surface area contributed by atoms with Crippen LogP contribution in [0.25, 0.3) is 0 Å². The van der Waals surface area contributed by atoms with Crippen molar-refractivity contribution in [2.75, 3.05) is 17.3 Å². The molecule has 6 nitrogen and oxygen atoms in total. The minimum absolute atomic E-state index is 0.0631. The number of carbonyl (C=O) groups excluding carboxylic acids is 1. The van der Waals surface area contributed by atoms with Crippen molar-refractivity contribution in [1.29, 1.82) is 0 Å². The quantitative estimate of drug-likeness (QED) is 0.726. The topological polar surface area (TPSA) is 71.0 Å². The van der Waals surface area contributed by atoms with E-state index in [0.717, 1.165) is 35.0 Å². The number of hydrogen-bond acceptors (Lipinski definition) is 5. The summed E-state index contributed by atoms with van der Waals surface area (Å²) >= 11 is 0. The van der Waals surface area contributed by atoms with Gasteiger partial charge in [0.05, 0.1) is 0 Å². The smallest absolute Gasteiger partial charge is 0.258 e. The first-order valence-corrected chi connectivity index (χ1v) is 8.92. The van der Waals surface area contributed by atoms with Crippen LogP contribution in [-0.4, -0.2) is 27.9 Å². The molecule has 0 bridgehead atoms. The first-order chi connectivity index (χ1) is 13.1. The van der Waals surface area contributed by atoms with Gasteiger partial charge in [-0.1, -0.05) is 19.1 Å². The summed E-state index contributed by atoms with van der Waals surface area (Å²) in [5.74, 6) is 1.53. The molecule has 0 spiro atoms. The van der Waals surface area contributed by atoms with Gasteiger partial charge < -0.3 is 10.2 Å². The summed E-state index contributed by atoms with van der Waals surface area (Å²) < 4.78 is 0. The number of carbonyl (C=O) groups is 1. The molecule has 0 aliphatic rings. The third kappa shape index (κ3) is 4.67. The van der Waals surface area contributed by atoms with Gasteiger partial charge in [0, 0.05) is 49.0 Å². The SMILES string of the molecule is CCc1cc(NCc2ccc(N(C)C(=O)c3ccncc3)cc2)nc(C)n1. The Morgan fingerprint density at radius 3 is 2.44 bits per heavy atom. The Balaban J connectivity index is 1.65. The average Bonchev–Trinajstić information content (AvgIpc) is 2.71. The second kappa shape index (κ2) is 8.40. The highest BCUT2D eigenvalue weighted by atomic mass is 16.2. The molecule has 3 rings (SSSR count). The molecule has 0 aliphatic heterocycles. The third-order valence-electron chi connectivity index (χ3n) is 4.28. The van der Waals surface area contributed by atoms with Gasteiger partial charge in [0.15, 0.2) is 0 Å². The van der Waals surface area contributed by atoms with E-state index in [0.29, 0.717) is 12.1 Å². The fraction of sp³-hybridized carbons (Fsp3) is 0.238. The van der Waals surface area contributed by atoms with E-state index in [-0.39, 0.29) is 5.91 Å². The Hall–Kier alpha value is -3.28. The van der Waals surface area contributed by atoms with Crippen LogP contribution in [0.4, 0.5) is 11.5 Å². The van der Waals surface area contributed by atoms with Crippen molar-refractivity contribution in [1.82, 2.24) is 15.0 Å². The van der Waals surface area contributed by atoms with E-state index in [1.165, 1.54) is 0 Å². The van der Waals surface area contributed by atoms with E-state index in [1.807, 2.05) is 37.3 Å². The average molecular weight is 361 g/mol. The summed E-state index contributed by atoms with van der Waals surface area (Å²) in [5, 5.41) is 3.34. The lowest BCUT2D eigenvalue weighted by atomic mass is 10.1. The molecule has 1 amide bonds. The zero-order valence-electron chi connectivity index (χ0n) is 15.8. The van der Waals surface area contributed by atoms with Gasteiger partial charge in [-0.2, -0.15) is 0 Å². The minimum Gasteiger partial charge on any atom is -0.366 e. The first-order valence-electron chi connectivity index (χ1n) is 8.92. The van der Waals surface area contributed by atoms with Crippen molar-refractivity contribution in [2.24, 2.45) is 0 Å². The van der Waals surface area contributed by atoms with Crippen LogP contribution in [0.5, 0.6) is 0 Å². The van der Waals surface area contributed by atoms with Crippen LogP contribution in [0.1, 0.15) is 34.4 Å². The van der Waals surface area contributed by atoms with Gasteiger partial charge in [-0.3, -0.25) is 9.78 Å². The number of aromatic nitrogens is 3. The molecule has 6 heteroatoms. The van der Waals surface area contributed by atoms with E-state index in [2.05, 4.69) is 27.2 Å². The molecule has 0 radical (unpaired) electrons. The van der Waals surface area contributed by atoms with Gasteiger partial charge in [-0.15, -0.1) is 0 Å². The zero-order valence-corrected chi connectivity index (χ0v) is 15.8. The predicted molar refractivity (Wildman–Crippen MR) is 107 cm³/mol. The lowest BCUT2D eigenvalue weighted by molar-refractivity contribution is 0.0993. The predicted octanol–water partition coefficient (Wildman–Crippen LogP) is 3.63. The van der Waals surface area contributed by atoms with Crippen LogP contribution >= 0.6 is 0 Å². The minimum atomic E-state index is -0.0631. The van der Waals surface area contributed by atoms with E-state index in [1.54, 1.807) is 36.5 Å². The number of aryl methyl sites for hydroxylation is 2. The number of benzene rings is 1. The molecule has 1 N–H and O–H groups in total. The third-order valence-corrected chi connectivity index (χ3v) is 4.28. The van der Waals surface area contributed by atoms with E-state index in [9.17, 15) is 4.79 Å². The van der Waals surface area contributed by atoms with E-state index in [4.69, 9.17) is 0 Å². The Morgan fingerprint density at radius 2 is 1.78 bits per heavy atom. The first kappa shape index (κ1) is 18.5. The largest absolute Gasteiger partial charge is 0.366 e. The molecule has 0 unspecified atom stereocenters. The van der Waals surface area contributed by atoms with Crippen LogP contribution in [-0.2, 0) is 13.0 Å². The van der Waals surface area contributed by atoms with Gasteiger partial charge in [0.1, 0.15) is 11.6 Å². The van der Waals surface area contributed by atoms with Crippen molar-refractivity contribution in [3.05, 3.63) is 77.5 Å². The molecule has 0 atom stereocenters. The van der Waals surface area contributed by atoms with Gasteiger partial charge in [0.2, 0.25) is 0 Å².